The van der Waals surface area contributed by atoms with Crippen molar-refractivity contribution in [2.24, 2.45) is 11.7 Å². The second-order valence-corrected chi connectivity index (χ2v) is 4.73. The number of esters is 1. The summed E-state index contributed by atoms with van der Waals surface area (Å²) >= 11 is 0. The molecule has 1 rings (SSSR count). The van der Waals surface area contributed by atoms with Crippen molar-refractivity contribution in [3.05, 3.63) is 0 Å². The Balaban J connectivity index is 2.28. The number of carbonyl (C=O) groups excluding carboxylic acids is 1. The first kappa shape index (κ1) is 12.5. The molecule has 0 aromatic heterocycles. The molecule has 0 heterocycles. The van der Waals surface area contributed by atoms with E-state index in [1.165, 1.54) is 19.3 Å². The second kappa shape index (κ2) is 6.11. The van der Waals surface area contributed by atoms with Crippen molar-refractivity contribution < 1.29 is 9.53 Å². The van der Waals surface area contributed by atoms with Crippen molar-refractivity contribution in [1.82, 2.24) is 0 Å². The molecule has 88 valence electrons. The minimum Gasteiger partial charge on any atom is -0.462 e. The van der Waals surface area contributed by atoms with Crippen LogP contribution in [0.15, 0.2) is 0 Å². The summed E-state index contributed by atoms with van der Waals surface area (Å²) in [6, 6.07) is -0.0944. The average molecular weight is 213 g/mol. The molecule has 3 nitrogen and oxygen atoms in total. The lowest BCUT2D eigenvalue weighted by atomic mass is 9.85. The minimum atomic E-state index is -0.133. The van der Waals surface area contributed by atoms with Crippen LogP contribution in [0.25, 0.3) is 0 Å². The zero-order chi connectivity index (χ0) is 11.3. The quantitative estimate of drug-likeness (QED) is 0.729. The van der Waals surface area contributed by atoms with E-state index in [1.807, 2.05) is 6.92 Å². The fourth-order valence-corrected chi connectivity index (χ4v) is 2.22. The van der Waals surface area contributed by atoms with E-state index in [4.69, 9.17) is 10.5 Å². The van der Waals surface area contributed by atoms with Crippen molar-refractivity contribution in [2.75, 3.05) is 0 Å². The number of hydrogen-bond donors (Lipinski definition) is 1. The maximum Gasteiger partial charge on any atom is 0.307 e. The van der Waals surface area contributed by atoms with Gasteiger partial charge in [-0.1, -0.05) is 19.8 Å². The minimum absolute atomic E-state index is 0.0944. The number of ether oxygens (including phenoxy) is 1. The van der Waals surface area contributed by atoms with Crippen molar-refractivity contribution in [3.8, 4) is 0 Å². The third-order valence-electron chi connectivity index (χ3n) is 3.10. The summed E-state index contributed by atoms with van der Waals surface area (Å²) in [7, 11) is 0. The first-order valence-electron chi connectivity index (χ1n) is 6.06. The Morgan fingerprint density at radius 2 is 2.27 bits per heavy atom. The Morgan fingerprint density at radius 3 is 2.87 bits per heavy atom. The highest BCUT2D eigenvalue weighted by Crippen LogP contribution is 2.28. The molecule has 0 radical (unpaired) electrons. The van der Waals surface area contributed by atoms with E-state index in [0.29, 0.717) is 6.42 Å². The molecule has 1 aliphatic carbocycles. The maximum absolute atomic E-state index is 11.4. The van der Waals surface area contributed by atoms with E-state index in [2.05, 4.69) is 6.92 Å². The highest BCUT2D eigenvalue weighted by molar-refractivity contribution is 5.70. The first-order chi connectivity index (χ1) is 7.11. The van der Waals surface area contributed by atoms with Gasteiger partial charge in [0.05, 0.1) is 6.42 Å². The fraction of sp³-hybridized carbons (Fsp3) is 0.917. The summed E-state index contributed by atoms with van der Waals surface area (Å²) in [6.45, 7) is 4.04. The third kappa shape index (κ3) is 4.65. The molecule has 0 saturated heterocycles. The summed E-state index contributed by atoms with van der Waals surface area (Å²) < 4.78 is 5.42. The van der Waals surface area contributed by atoms with Gasteiger partial charge in [0, 0.05) is 6.04 Å². The smallest absolute Gasteiger partial charge is 0.307 e. The van der Waals surface area contributed by atoms with Gasteiger partial charge in [-0.15, -0.1) is 0 Å². The van der Waals surface area contributed by atoms with Gasteiger partial charge in [0.1, 0.15) is 6.10 Å². The van der Waals surface area contributed by atoms with Gasteiger partial charge in [0.15, 0.2) is 0 Å². The summed E-state index contributed by atoms with van der Waals surface area (Å²) in [5.74, 6) is 0.610. The molecule has 0 spiro atoms. The van der Waals surface area contributed by atoms with Crippen molar-refractivity contribution >= 4 is 5.97 Å². The molecule has 1 fully saturated rings. The number of rotatable bonds is 4. The molecule has 1 aliphatic rings. The Labute approximate surface area is 92.4 Å². The van der Waals surface area contributed by atoms with Crippen LogP contribution in [0.1, 0.15) is 52.4 Å². The van der Waals surface area contributed by atoms with Gasteiger partial charge in [-0.05, 0) is 32.1 Å². The average Bonchev–Trinajstić information content (AvgIpc) is 2.16. The maximum atomic E-state index is 11.4. The third-order valence-corrected chi connectivity index (χ3v) is 3.10. The highest BCUT2D eigenvalue weighted by atomic mass is 16.5. The molecule has 15 heavy (non-hydrogen) atoms. The monoisotopic (exact) mass is 213 g/mol. The lowest BCUT2D eigenvalue weighted by molar-refractivity contribution is -0.151. The van der Waals surface area contributed by atoms with E-state index in [0.717, 1.165) is 18.8 Å². The van der Waals surface area contributed by atoms with E-state index in [1.54, 1.807) is 0 Å². The Morgan fingerprint density at radius 1 is 1.53 bits per heavy atom. The summed E-state index contributed by atoms with van der Waals surface area (Å²) in [4.78, 5) is 11.4. The zero-order valence-electron chi connectivity index (χ0n) is 9.87. The van der Waals surface area contributed by atoms with Crippen LogP contribution in [-0.2, 0) is 9.53 Å². The van der Waals surface area contributed by atoms with E-state index >= 15 is 0 Å². The predicted molar refractivity (Wildman–Crippen MR) is 60.4 cm³/mol. The molecule has 0 amide bonds. The molecule has 3 unspecified atom stereocenters. The number of carbonyl (C=O) groups is 1. The SMILES string of the molecule is CCC1CCCC(OC(=O)CC(C)N)C1. The molecule has 2 N–H and O–H groups in total. The van der Waals surface area contributed by atoms with Crippen LogP contribution < -0.4 is 5.73 Å². The first-order valence-corrected chi connectivity index (χ1v) is 6.06. The van der Waals surface area contributed by atoms with Gasteiger partial charge >= 0.3 is 5.97 Å². The molecule has 3 heteroatoms. The van der Waals surface area contributed by atoms with Gasteiger partial charge in [-0.25, -0.2) is 0 Å². The predicted octanol–water partition coefficient (Wildman–Crippen LogP) is 2.24. The topological polar surface area (TPSA) is 52.3 Å². The van der Waals surface area contributed by atoms with Crippen LogP contribution in [0.5, 0.6) is 0 Å². The van der Waals surface area contributed by atoms with Gasteiger partial charge in [0.2, 0.25) is 0 Å². The molecule has 0 aliphatic heterocycles. The molecular weight excluding hydrogens is 190 g/mol. The molecule has 0 aromatic rings. The molecule has 3 atom stereocenters. The lowest BCUT2D eigenvalue weighted by Crippen LogP contribution is -2.28. The Kier molecular flexibility index (Phi) is 5.09. The number of hydrogen-bond acceptors (Lipinski definition) is 3. The van der Waals surface area contributed by atoms with Crippen LogP contribution in [0, 0.1) is 5.92 Å². The lowest BCUT2D eigenvalue weighted by Gasteiger charge is -2.28. The van der Waals surface area contributed by atoms with Gasteiger partial charge < -0.3 is 10.5 Å². The molecular formula is C12H23NO2. The van der Waals surface area contributed by atoms with E-state index < -0.39 is 0 Å². The fourth-order valence-electron chi connectivity index (χ4n) is 2.22. The molecule has 0 bridgehead atoms. The summed E-state index contributed by atoms with van der Waals surface area (Å²) in [5, 5.41) is 0. The van der Waals surface area contributed by atoms with Crippen LogP contribution in [0.4, 0.5) is 0 Å². The summed E-state index contributed by atoms with van der Waals surface area (Å²) in [6.07, 6.45) is 6.23. The van der Waals surface area contributed by atoms with Gasteiger partial charge in [-0.3, -0.25) is 4.79 Å². The normalized spacial score (nSPS) is 28.5. The molecule has 1 saturated carbocycles. The van der Waals surface area contributed by atoms with Crippen molar-refractivity contribution in [1.29, 1.82) is 0 Å². The standard InChI is InChI=1S/C12H23NO2/c1-3-10-5-4-6-11(8-10)15-12(14)7-9(2)13/h9-11H,3-8,13H2,1-2H3. The van der Waals surface area contributed by atoms with Crippen LogP contribution in [0.2, 0.25) is 0 Å². The van der Waals surface area contributed by atoms with Gasteiger partial charge in [0.25, 0.3) is 0 Å². The summed E-state index contributed by atoms with van der Waals surface area (Å²) in [5.41, 5.74) is 5.55. The van der Waals surface area contributed by atoms with Crippen molar-refractivity contribution in [2.45, 2.75) is 64.5 Å². The zero-order valence-corrected chi connectivity index (χ0v) is 9.87. The van der Waals surface area contributed by atoms with Gasteiger partial charge in [-0.2, -0.15) is 0 Å². The highest BCUT2D eigenvalue weighted by Gasteiger charge is 2.23. The second-order valence-electron chi connectivity index (χ2n) is 4.73. The molecule has 0 aromatic carbocycles. The largest absolute Gasteiger partial charge is 0.462 e. The van der Waals surface area contributed by atoms with E-state index in [-0.39, 0.29) is 18.1 Å². The van der Waals surface area contributed by atoms with Crippen LogP contribution in [-0.4, -0.2) is 18.1 Å². The Bertz CT molecular complexity index is 204. The van der Waals surface area contributed by atoms with Crippen LogP contribution >= 0.6 is 0 Å². The van der Waals surface area contributed by atoms with Crippen LogP contribution in [0.3, 0.4) is 0 Å². The Hall–Kier alpha value is -0.570. The van der Waals surface area contributed by atoms with E-state index in [9.17, 15) is 4.79 Å². The number of nitrogens with two attached hydrogens (primary N) is 1. The van der Waals surface area contributed by atoms with Crippen molar-refractivity contribution in [3.63, 3.8) is 0 Å².